The highest BCUT2D eigenvalue weighted by atomic mass is 16.6. The number of hydrogen-bond acceptors (Lipinski definition) is 9. The number of ether oxygens (including phenoxy) is 1. The third-order valence-electron chi connectivity index (χ3n) is 5.21. The van der Waals surface area contributed by atoms with Crippen LogP contribution in [-0.2, 0) is 18.8 Å². The van der Waals surface area contributed by atoms with Gasteiger partial charge in [0.15, 0.2) is 17.5 Å². The second-order valence-corrected chi connectivity index (χ2v) is 7.43. The van der Waals surface area contributed by atoms with Crippen molar-refractivity contribution in [2.45, 2.75) is 24.5 Å². The van der Waals surface area contributed by atoms with Gasteiger partial charge in [-0.2, -0.15) is 0 Å². The fourth-order valence-electron chi connectivity index (χ4n) is 3.68. The van der Waals surface area contributed by atoms with Gasteiger partial charge in [0.05, 0.1) is 20.0 Å². The van der Waals surface area contributed by atoms with E-state index < -0.39 is 53.6 Å². The maximum Gasteiger partial charge on any atom is 0.384 e. The first kappa shape index (κ1) is 22.3. The number of fused-ring (bicyclic) bond motifs is 2. The van der Waals surface area contributed by atoms with Gasteiger partial charge in [0.25, 0.3) is 16.8 Å². The summed E-state index contributed by atoms with van der Waals surface area (Å²) in [5, 5.41) is 28.9. The molecule has 176 valence electrons. The van der Waals surface area contributed by atoms with Gasteiger partial charge in [-0.05, 0) is 0 Å². The van der Waals surface area contributed by atoms with Crippen molar-refractivity contribution in [1.82, 2.24) is 34.1 Å². The van der Waals surface area contributed by atoms with Crippen molar-refractivity contribution in [3.8, 4) is 0 Å². The van der Waals surface area contributed by atoms with Gasteiger partial charge in [-0.15, -0.1) is 0 Å². The highest BCUT2D eigenvalue weighted by Crippen LogP contribution is 2.25. The molecule has 0 unspecified atom stereocenters. The Morgan fingerprint density at radius 1 is 0.970 bits per heavy atom. The summed E-state index contributed by atoms with van der Waals surface area (Å²) in [5.74, 6) is 0. The number of aliphatic hydroxyl groups excluding tert-OH is 3. The second-order valence-electron chi connectivity index (χ2n) is 7.43. The molecule has 0 saturated carbocycles. The fourth-order valence-corrected chi connectivity index (χ4v) is 3.68. The van der Waals surface area contributed by atoms with Gasteiger partial charge in [0, 0.05) is 7.05 Å². The maximum atomic E-state index is 11.8. The highest BCUT2D eigenvalue weighted by molar-refractivity contribution is 5.68. The average molecular weight is 465 g/mol. The monoisotopic (exact) mass is 465 g/mol. The molecule has 1 fully saturated rings. The molecule has 0 amide bonds. The molecule has 16 nitrogen and oxygen atoms in total. The number of rotatable bonds is 2. The summed E-state index contributed by atoms with van der Waals surface area (Å²) in [4.78, 5) is 58.0. The van der Waals surface area contributed by atoms with Crippen LogP contribution in [0.2, 0.25) is 0 Å². The van der Waals surface area contributed by atoms with Crippen LogP contribution in [0.3, 0.4) is 0 Å². The Morgan fingerprint density at radius 3 is 2.24 bits per heavy atom. The zero-order chi connectivity index (χ0) is 24.0. The molecule has 7 N–H and O–H groups in total. The van der Waals surface area contributed by atoms with Crippen molar-refractivity contribution in [2.75, 3.05) is 6.61 Å². The summed E-state index contributed by atoms with van der Waals surface area (Å²) >= 11 is 0. The van der Waals surface area contributed by atoms with Crippen LogP contribution in [0.25, 0.3) is 22.3 Å². The number of nitrogens with one attached hydrogen (secondary N) is 4. The van der Waals surface area contributed by atoms with Gasteiger partial charge < -0.3 is 24.6 Å². The molecule has 5 heterocycles. The largest absolute Gasteiger partial charge is 0.394 e. The Balaban J connectivity index is 0.000000183. The van der Waals surface area contributed by atoms with Gasteiger partial charge >= 0.3 is 11.4 Å². The summed E-state index contributed by atoms with van der Waals surface area (Å²) in [6.45, 7) is -0.461. The standard InChI is InChI=1S/C11H14N4O6.C6H6N4O2/c1-14-3-15(8-5(14)9(19)13-11(20)12-8)10-7(18)6(17)4(2-16)21-10;1-10-2-7-4-3(10)5(11)9-6(12)8-4/h3-4,6-7,10,16-18H,2H2,1H3,(H-,12,13,19,20);2H,1H3,(H2,8,9,11,12)/p+1/t4-,6-,7-,10-;/m1./s1. The first-order valence-electron chi connectivity index (χ1n) is 9.61. The lowest BCUT2D eigenvalue weighted by atomic mass is 10.1. The lowest BCUT2D eigenvalue weighted by Crippen LogP contribution is -2.46. The number of aromatic amines is 4. The van der Waals surface area contributed by atoms with Crippen molar-refractivity contribution in [3.05, 3.63) is 54.3 Å². The molecule has 33 heavy (non-hydrogen) atoms. The quantitative estimate of drug-likeness (QED) is 0.141. The number of aromatic nitrogens is 8. The number of nitrogens with zero attached hydrogens (tertiary/aromatic N) is 4. The van der Waals surface area contributed by atoms with E-state index in [1.807, 2.05) is 0 Å². The number of imidazole rings is 2. The van der Waals surface area contributed by atoms with Crippen LogP contribution in [0.5, 0.6) is 0 Å². The molecule has 0 aliphatic carbocycles. The molecule has 5 rings (SSSR count). The lowest BCUT2D eigenvalue weighted by Gasteiger charge is -2.12. The van der Waals surface area contributed by atoms with Gasteiger partial charge in [-0.25, -0.2) is 24.1 Å². The van der Waals surface area contributed by atoms with E-state index in [9.17, 15) is 29.4 Å². The fraction of sp³-hybridized carbons (Fsp3) is 0.412. The van der Waals surface area contributed by atoms with E-state index >= 15 is 0 Å². The van der Waals surface area contributed by atoms with E-state index in [1.54, 1.807) is 18.7 Å². The molecule has 0 bridgehead atoms. The van der Waals surface area contributed by atoms with Gasteiger partial charge in [-0.3, -0.25) is 29.1 Å². The number of aryl methyl sites for hydroxylation is 2. The van der Waals surface area contributed by atoms with Gasteiger partial charge in [0.2, 0.25) is 11.7 Å². The zero-order valence-electron chi connectivity index (χ0n) is 17.3. The van der Waals surface area contributed by atoms with Gasteiger partial charge in [0.1, 0.15) is 18.3 Å². The maximum absolute atomic E-state index is 11.8. The highest BCUT2D eigenvalue weighted by Gasteiger charge is 2.46. The number of H-pyrrole nitrogens is 4. The minimum absolute atomic E-state index is 0.154. The summed E-state index contributed by atoms with van der Waals surface area (Å²) in [7, 11) is 3.27. The van der Waals surface area contributed by atoms with Crippen molar-refractivity contribution in [3.63, 3.8) is 0 Å². The van der Waals surface area contributed by atoms with Crippen LogP contribution >= 0.6 is 0 Å². The summed E-state index contributed by atoms with van der Waals surface area (Å²) in [6.07, 6.45) is -1.62. The topological polar surface area (TPSA) is 228 Å². The van der Waals surface area contributed by atoms with Crippen LogP contribution in [0.4, 0.5) is 0 Å². The lowest BCUT2D eigenvalue weighted by molar-refractivity contribution is -0.746. The smallest absolute Gasteiger partial charge is 0.384 e. The Kier molecular flexibility index (Phi) is 5.58. The first-order valence-corrected chi connectivity index (χ1v) is 9.61. The molecule has 1 saturated heterocycles. The number of hydrogen-bond donors (Lipinski definition) is 7. The predicted octanol–water partition coefficient (Wildman–Crippen LogP) is -4.60. The molecule has 0 radical (unpaired) electrons. The van der Waals surface area contributed by atoms with Crippen molar-refractivity contribution >= 4 is 22.3 Å². The Labute approximate surface area is 181 Å². The van der Waals surface area contributed by atoms with Gasteiger partial charge in [-0.1, -0.05) is 0 Å². The second kappa shape index (κ2) is 8.24. The van der Waals surface area contributed by atoms with E-state index in [1.165, 1.54) is 21.8 Å². The normalized spacial score (nSPS) is 22.6. The van der Waals surface area contributed by atoms with Crippen LogP contribution < -0.4 is 27.1 Å². The van der Waals surface area contributed by atoms with E-state index in [4.69, 9.17) is 9.84 Å². The zero-order valence-corrected chi connectivity index (χ0v) is 17.3. The summed E-state index contributed by atoms with van der Waals surface area (Å²) in [5.41, 5.74) is -1.21. The van der Waals surface area contributed by atoms with Crippen LogP contribution in [0, 0.1) is 0 Å². The molecule has 1 aliphatic rings. The molecule has 1 aliphatic heterocycles. The molecule has 4 aromatic heterocycles. The third-order valence-corrected chi connectivity index (χ3v) is 5.21. The minimum Gasteiger partial charge on any atom is -0.394 e. The van der Waals surface area contributed by atoms with Crippen LogP contribution in [0.15, 0.2) is 31.8 Å². The molecule has 4 atom stereocenters. The van der Waals surface area contributed by atoms with Crippen molar-refractivity contribution in [1.29, 1.82) is 0 Å². The Hall–Kier alpha value is -3.86. The summed E-state index contributed by atoms with van der Waals surface area (Å²) in [6, 6.07) is 0. The molecule has 0 spiro atoms. The summed E-state index contributed by atoms with van der Waals surface area (Å²) < 4.78 is 9.73. The molecular formula is C17H21N8O8+. The average Bonchev–Trinajstić information content (AvgIpc) is 3.37. The van der Waals surface area contributed by atoms with E-state index in [0.717, 1.165) is 0 Å². The van der Waals surface area contributed by atoms with Crippen molar-refractivity contribution in [2.24, 2.45) is 14.1 Å². The first-order chi connectivity index (χ1) is 15.6. The Bertz CT molecular complexity index is 1560. The molecule has 16 heteroatoms. The minimum atomic E-state index is -1.31. The van der Waals surface area contributed by atoms with Crippen LogP contribution in [0.1, 0.15) is 6.23 Å². The molecule has 0 aromatic carbocycles. The number of aliphatic hydroxyl groups is 3. The predicted molar refractivity (Wildman–Crippen MR) is 109 cm³/mol. The molecule has 4 aromatic rings. The molecular weight excluding hydrogens is 444 g/mol. The van der Waals surface area contributed by atoms with E-state index in [0.29, 0.717) is 11.2 Å². The Morgan fingerprint density at radius 2 is 1.61 bits per heavy atom. The van der Waals surface area contributed by atoms with E-state index in [-0.39, 0.29) is 11.2 Å². The van der Waals surface area contributed by atoms with Crippen LogP contribution in [-0.4, -0.2) is 74.3 Å². The van der Waals surface area contributed by atoms with E-state index in [2.05, 4.69) is 24.9 Å². The third kappa shape index (κ3) is 3.80. The SMILES string of the molecule is Cn1c[n+]([C@@H]2O[C@H](CO)[C@@H](O)[C@H]2O)c2[nH]c(=O)[nH]c(=O)c21.Cn1cnc2[nH]c(=O)[nH]c(=O)c21. The van der Waals surface area contributed by atoms with Crippen molar-refractivity contribution < 1.29 is 24.6 Å².